The van der Waals surface area contributed by atoms with E-state index < -0.39 is 11.9 Å². The Morgan fingerprint density at radius 2 is 1.53 bits per heavy atom. The Kier molecular flexibility index (Phi) is 5.30. The molecule has 0 atom stereocenters. The highest BCUT2D eigenvalue weighted by atomic mass is 16.4. The quantitative estimate of drug-likeness (QED) is 0.516. The Morgan fingerprint density at radius 1 is 0.969 bits per heavy atom. The Hall–Kier alpha value is -3.94. The summed E-state index contributed by atoms with van der Waals surface area (Å²) in [5.74, 6) is -1.94. The fraction of sp³-hybridized carbons (Fsp3) is 0.250. The molecule has 1 aromatic heterocycles. The highest BCUT2D eigenvalue weighted by Gasteiger charge is 2.34. The van der Waals surface area contributed by atoms with Crippen LogP contribution in [0.3, 0.4) is 0 Å². The number of carboxylic acid groups (broad SMARTS) is 2. The van der Waals surface area contributed by atoms with Crippen LogP contribution in [0.15, 0.2) is 53.6 Å². The van der Waals surface area contributed by atoms with Crippen LogP contribution in [0.1, 0.15) is 57.9 Å². The van der Waals surface area contributed by atoms with Gasteiger partial charge in [0.05, 0.1) is 39.6 Å². The number of aromatic nitrogens is 2. The molecule has 0 aliphatic heterocycles. The summed E-state index contributed by atoms with van der Waals surface area (Å²) in [5.41, 5.74) is 8.69. The smallest absolute Gasteiger partial charge is 0.335 e. The molecular formula is C24H24N4O4. The zero-order valence-corrected chi connectivity index (χ0v) is 18.1. The zero-order chi connectivity index (χ0) is 23.0. The summed E-state index contributed by atoms with van der Waals surface area (Å²) in [7, 11) is 0. The van der Waals surface area contributed by atoms with E-state index in [4.69, 9.17) is 15.3 Å². The number of rotatable bonds is 5. The fourth-order valence-corrected chi connectivity index (χ4v) is 4.04. The number of carbonyl (C=O) groups is 2. The summed E-state index contributed by atoms with van der Waals surface area (Å²) < 4.78 is 1.87. The van der Waals surface area contributed by atoms with Gasteiger partial charge in [-0.1, -0.05) is 13.8 Å². The molecule has 2 aromatic carbocycles. The second-order valence-corrected chi connectivity index (χ2v) is 8.74. The number of nitrogens with one attached hydrogen (secondary N) is 1. The Balaban J connectivity index is 1.71. The number of nitrogens with zero attached hydrogens (tertiary/aromatic N) is 3. The van der Waals surface area contributed by atoms with Gasteiger partial charge in [0.2, 0.25) is 0 Å². The monoisotopic (exact) mass is 432 g/mol. The normalized spacial score (nSPS) is 15.9. The van der Waals surface area contributed by atoms with Gasteiger partial charge in [0, 0.05) is 5.56 Å². The van der Waals surface area contributed by atoms with Crippen molar-refractivity contribution in [1.82, 2.24) is 9.78 Å². The van der Waals surface area contributed by atoms with Gasteiger partial charge < -0.3 is 10.2 Å². The lowest BCUT2D eigenvalue weighted by molar-refractivity contribution is 0.0686. The zero-order valence-electron chi connectivity index (χ0n) is 18.1. The van der Waals surface area contributed by atoms with E-state index in [1.165, 1.54) is 12.1 Å². The molecule has 1 heterocycles. The van der Waals surface area contributed by atoms with Gasteiger partial charge in [-0.15, -0.1) is 0 Å². The lowest BCUT2D eigenvalue weighted by atomic mass is 9.75. The van der Waals surface area contributed by atoms with Crippen molar-refractivity contribution in [2.24, 2.45) is 10.5 Å². The maximum absolute atomic E-state index is 11.2. The van der Waals surface area contributed by atoms with E-state index in [0.717, 1.165) is 41.2 Å². The Labute approximate surface area is 185 Å². The molecule has 0 saturated heterocycles. The first-order chi connectivity index (χ1) is 15.1. The van der Waals surface area contributed by atoms with Crippen molar-refractivity contribution in [2.45, 2.75) is 33.6 Å². The van der Waals surface area contributed by atoms with Crippen molar-refractivity contribution >= 4 is 23.3 Å². The second kappa shape index (κ2) is 7.96. The maximum Gasteiger partial charge on any atom is 0.335 e. The van der Waals surface area contributed by atoms with Gasteiger partial charge in [-0.2, -0.15) is 10.2 Å². The van der Waals surface area contributed by atoms with Crippen molar-refractivity contribution in [3.05, 3.63) is 76.6 Å². The minimum absolute atomic E-state index is 0.0497. The number of aromatic carboxylic acids is 2. The summed E-state index contributed by atoms with van der Waals surface area (Å²) in [5, 5.41) is 27.6. The third-order valence-electron chi connectivity index (χ3n) is 5.55. The Morgan fingerprint density at radius 3 is 2.09 bits per heavy atom. The summed E-state index contributed by atoms with van der Waals surface area (Å²) >= 11 is 0. The fourth-order valence-electron chi connectivity index (χ4n) is 4.04. The molecule has 0 bridgehead atoms. The molecule has 4 rings (SSSR count). The first kappa shape index (κ1) is 21.3. The number of carboxylic acids is 2. The average molecular weight is 432 g/mol. The maximum atomic E-state index is 11.2. The molecule has 0 saturated carbocycles. The van der Waals surface area contributed by atoms with Crippen molar-refractivity contribution < 1.29 is 19.8 Å². The van der Waals surface area contributed by atoms with Crippen LogP contribution in [0.2, 0.25) is 0 Å². The van der Waals surface area contributed by atoms with Crippen LogP contribution >= 0.6 is 0 Å². The third-order valence-corrected chi connectivity index (χ3v) is 5.55. The van der Waals surface area contributed by atoms with E-state index in [0.29, 0.717) is 5.69 Å². The molecule has 164 valence electrons. The highest BCUT2D eigenvalue weighted by Crippen LogP contribution is 2.37. The minimum Gasteiger partial charge on any atom is -0.478 e. The van der Waals surface area contributed by atoms with E-state index in [1.54, 1.807) is 36.4 Å². The third kappa shape index (κ3) is 4.12. The molecule has 1 aliphatic rings. The van der Waals surface area contributed by atoms with E-state index >= 15 is 0 Å². The molecule has 0 fully saturated rings. The Bertz CT molecular complexity index is 1220. The summed E-state index contributed by atoms with van der Waals surface area (Å²) in [6, 6.07) is 13.1. The van der Waals surface area contributed by atoms with Crippen LogP contribution in [0.4, 0.5) is 5.69 Å². The first-order valence-electron chi connectivity index (χ1n) is 10.2. The lowest BCUT2D eigenvalue weighted by Gasteiger charge is -2.31. The van der Waals surface area contributed by atoms with Crippen LogP contribution in [0.5, 0.6) is 0 Å². The molecule has 1 aliphatic carbocycles. The highest BCUT2D eigenvalue weighted by molar-refractivity contribution is 6.04. The average Bonchev–Trinajstić information content (AvgIpc) is 3.07. The predicted molar refractivity (Wildman–Crippen MR) is 121 cm³/mol. The topological polar surface area (TPSA) is 117 Å². The SMILES string of the molecule is Cc1nn(-c2ccc(C(=O)O)cc2)c2c1/C(=N\Nc1ccc(C(=O)O)cc1)CC(C)(C)C2. The number of anilines is 1. The van der Waals surface area contributed by atoms with E-state index in [9.17, 15) is 9.59 Å². The molecule has 8 heteroatoms. The van der Waals surface area contributed by atoms with Crippen LogP contribution in [0, 0.1) is 12.3 Å². The number of hydrogen-bond donors (Lipinski definition) is 3. The number of aryl methyl sites for hydroxylation is 1. The van der Waals surface area contributed by atoms with Gasteiger partial charge in [0.15, 0.2) is 0 Å². The van der Waals surface area contributed by atoms with E-state index in [1.807, 2.05) is 11.6 Å². The van der Waals surface area contributed by atoms with Crippen LogP contribution < -0.4 is 5.43 Å². The molecular weight excluding hydrogens is 408 g/mol. The van der Waals surface area contributed by atoms with Gasteiger partial charge in [0.1, 0.15) is 0 Å². The van der Waals surface area contributed by atoms with Gasteiger partial charge in [-0.25, -0.2) is 14.3 Å². The molecule has 8 nitrogen and oxygen atoms in total. The number of hydrazone groups is 1. The van der Waals surface area contributed by atoms with Crippen LogP contribution in [-0.4, -0.2) is 37.6 Å². The van der Waals surface area contributed by atoms with E-state index in [2.05, 4.69) is 24.4 Å². The van der Waals surface area contributed by atoms with Gasteiger partial charge in [0.25, 0.3) is 0 Å². The number of hydrogen-bond acceptors (Lipinski definition) is 5. The summed E-state index contributed by atoms with van der Waals surface area (Å²) in [6.07, 6.45) is 1.56. The van der Waals surface area contributed by atoms with Crippen molar-refractivity contribution in [2.75, 3.05) is 5.43 Å². The molecule has 0 unspecified atom stereocenters. The second-order valence-electron chi connectivity index (χ2n) is 8.74. The van der Waals surface area contributed by atoms with Gasteiger partial charge in [-0.3, -0.25) is 5.43 Å². The summed E-state index contributed by atoms with van der Waals surface area (Å²) in [6.45, 7) is 6.29. The molecule has 3 N–H and O–H groups in total. The van der Waals surface area contributed by atoms with Crippen molar-refractivity contribution in [3.8, 4) is 5.69 Å². The number of benzene rings is 2. The van der Waals surface area contributed by atoms with Crippen LogP contribution in [0.25, 0.3) is 5.69 Å². The molecule has 0 amide bonds. The number of fused-ring (bicyclic) bond motifs is 1. The summed E-state index contributed by atoms with van der Waals surface area (Å²) in [4.78, 5) is 22.2. The molecule has 0 radical (unpaired) electrons. The predicted octanol–water partition coefficient (Wildman–Crippen LogP) is 4.37. The van der Waals surface area contributed by atoms with Gasteiger partial charge in [-0.05, 0) is 73.7 Å². The molecule has 0 spiro atoms. The standard InChI is InChI=1S/C24H24N4O4/c1-14-21-19(26-25-17-8-4-15(5-9-17)22(29)30)12-24(2,3)13-20(21)28(27-14)18-10-6-16(7-11-18)23(31)32/h4-11,25H,12-13H2,1-3H3,(H,29,30)(H,31,32)/b26-19-. The molecule has 32 heavy (non-hydrogen) atoms. The van der Waals surface area contributed by atoms with Crippen molar-refractivity contribution in [3.63, 3.8) is 0 Å². The van der Waals surface area contributed by atoms with Crippen LogP contribution in [-0.2, 0) is 6.42 Å². The first-order valence-corrected chi connectivity index (χ1v) is 10.2. The lowest BCUT2D eigenvalue weighted by Crippen LogP contribution is -2.29. The van der Waals surface area contributed by atoms with E-state index in [-0.39, 0.29) is 16.5 Å². The largest absolute Gasteiger partial charge is 0.478 e. The van der Waals surface area contributed by atoms with Gasteiger partial charge >= 0.3 is 11.9 Å². The van der Waals surface area contributed by atoms with Crippen molar-refractivity contribution in [1.29, 1.82) is 0 Å². The molecule has 3 aromatic rings. The minimum atomic E-state index is -0.971.